The first kappa shape index (κ1) is 16.7. The topological polar surface area (TPSA) is 66.4 Å². The minimum atomic E-state index is 0.0643. The summed E-state index contributed by atoms with van der Waals surface area (Å²) in [6.07, 6.45) is 5.61. The summed E-state index contributed by atoms with van der Waals surface area (Å²) in [7, 11) is 1.64. The standard InChI is InChI=1S/C19H23N5O2/c1-26-16-3-2-15-12-18(21-17(15)13-16)19(25)24-10-8-22(9-11-24)6-7-23-5-4-20-14-23/h2-5,12-14,21H,6-11H2,1H3. The molecule has 3 aromatic rings. The molecular weight excluding hydrogens is 330 g/mol. The average Bonchev–Trinajstić information content (AvgIpc) is 3.35. The quantitative estimate of drug-likeness (QED) is 0.760. The van der Waals surface area contributed by atoms with Crippen LogP contribution in [0.4, 0.5) is 0 Å². The first-order valence-electron chi connectivity index (χ1n) is 8.87. The second-order valence-electron chi connectivity index (χ2n) is 6.57. The van der Waals surface area contributed by atoms with Gasteiger partial charge in [-0.05, 0) is 18.2 Å². The lowest BCUT2D eigenvalue weighted by atomic mass is 10.2. The maximum atomic E-state index is 12.8. The van der Waals surface area contributed by atoms with Gasteiger partial charge in [0.1, 0.15) is 11.4 Å². The number of fused-ring (bicyclic) bond motifs is 1. The van der Waals surface area contributed by atoms with Crippen molar-refractivity contribution >= 4 is 16.8 Å². The van der Waals surface area contributed by atoms with E-state index in [-0.39, 0.29) is 5.91 Å². The summed E-state index contributed by atoms with van der Waals surface area (Å²) >= 11 is 0. The molecule has 7 heteroatoms. The molecule has 0 aliphatic carbocycles. The van der Waals surface area contributed by atoms with Crippen LogP contribution in [0.1, 0.15) is 10.5 Å². The molecule has 7 nitrogen and oxygen atoms in total. The lowest BCUT2D eigenvalue weighted by Crippen LogP contribution is -2.49. The van der Waals surface area contributed by atoms with E-state index in [2.05, 4.69) is 19.4 Å². The predicted octanol–water partition coefficient (Wildman–Crippen LogP) is 1.83. The van der Waals surface area contributed by atoms with E-state index in [1.807, 2.05) is 41.7 Å². The summed E-state index contributed by atoms with van der Waals surface area (Å²) in [4.78, 5) is 24.4. The molecule has 0 saturated carbocycles. The van der Waals surface area contributed by atoms with Gasteiger partial charge < -0.3 is 19.2 Å². The van der Waals surface area contributed by atoms with Gasteiger partial charge in [-0.15, -0.1) is 0 Å². The molecule has 1 aromatic carbocycles. The maximum absolute atomic E-state index is 12.8. The minimum absolute atomic E-state index is 0.0643. The number of methoxy groups -OCH3 is 1. The molecule has 0 bridgehead atoms. The number of nitrogens with one attached hydrogen (secondary N) is 1. The Labute approximate surface area is 152 Å². The number of hydrogen-bond acceptors (Lipinski definition) is 4. The number of benzene rings is 1. The fraction of sp³-hybridized carbons (Fsp3) is 0.368. The number of carbonyl (C=O) groups excluding carboxylic acids is 1. The van der Waals surface area contributed by atoms with Crippen molar-refractivity contribution in [2.75, 3.05) is 39.8 Å². The highest BCUT2D eigenvalue weighted by molar-refractivity contribution is 5.98. The Morgan fingerprint density at radius 2 is 2.04 bits per heavy atom. The number of nitrogens with zero attached hydrogens (tertiary/aromatic N) is 4. The van der Waals surface area contributed by atoms with Crippen molar-refractivity contribution in [3.8, 4) is 5.75 Å². The molecule has 4 rings (SSSR count). The average molecular weight is 353 g/mol. The fourth-order valence-electron chi connectivity index (χ4n) is 3.37. The molecule has 0 spiro atoms. The number of amides is 1. The highest BCUT2D eigenvalue weighted by Gasteiger charge is 2.23. The van der Waals surface area contributed by atoms with Gasteiger partial charge in [-0.25, -0.2) is 4.98 Å². The third-order valence-corrected chi connectivity index (χ3v) is 4.95. The molecule has 1 saturated heterocycles. The molecule has 1 aliphatic heterocycles. The number of rotatable bonds is 5. The Morgan fingerprint density at radius 3 is 2.77 bits per heavy atom. The lowest BCUT2D eigenvalue weighted by Gasteiger charge is -2.34. The third kappa shape index (κ3) is 3.43. The Balaban J connectivity index is 1.35. The van der Waals surface area contributed by atoms with Crippen LogP contribution in [0, 0.1) is 0 Å². The van der Waals surface area contributed by atoms with E-state index in [0.29, 0.717) is 5.69 Å². The number of H-pyrrole nitrogens is 1. The number of aromatic amines is 1. The summed E-state index contributed by atoms with van der Waals surface area (Å²) in [6.45, 7) is 5.20. The summed E-state index contributed by atoms with van der Waals surface area (Å²) in [5.41, 5.74) is 1.56. The maximum Gasteiger partial charge on any atom is 0.270 e. The zero-order valence-corrected chi connectivity index (χ0v) is 14.9. The number of carbonyl (C=O) groups is 1. The Hall–Kier alpha value is -2.80. The van der Waals surface area contributed by atoms with Crippen molar-refractivity contribution < 1.29 is 9.53 Å². The van der Waals surface area contributed by atoms with E-state index in [9.17, 15) is 4.79 Å². The van der Waals surface area contributed by atoms with E-state index in [4.69, 9.17) is 4.74 Å². The molecule has 1 fully saturated rings. The second kappa shape index (κ2) is 7.21. The van der Waals surface area contributed by atoms with Crippen LogP contribution in [0.5, 0.6) is 5.75 Å². The molecule has 136 valence electrons. The number of ether oxygens (including phenoxy) is 1. The molecule has 26 heavy (non-hydrogen) atoms. The first-order valence-corrected chi connectivity index (χ1v) is 8.87. The van der Waals surface area contributed by atoms with Crippen molar-refractivity contribution in [1.29, 1.82) is 0 Å². The zero-order valence-electron chi connectivity index (χ0n) is 14.9. The molecule has 0 unspecified atom stereocenters. The van der Waals surface area contributed by atoms with Crippen LogP contribution in [0.3, 0.4) is 0 Å². The molecule has 0 atom stereocenters. The highest BCUT2D eigenvalue weighted by Crippen LogP contribution is 2.22. The highest BCUT2D eigenvalue weighted by atomic mass is 16.5. The predicted molar refractivity (Wildman–Crippen MR) is 99.4 cm³/mol. The van der Waals surface area contributed by atoms with Crippen molar-refractivity contribution in [2.45, 2.75) is 6.54 Å². The van der Waals surface area contributed by atoms with Crippen LogP contribution in [-0.2, 0) is 6.54 Å². The van der Waals surface area contributed by atoms with Gasteiger partial charge in [-0.2, -0.15) is 0 Å². The molecule has 3 heterocycles. The van der Waals surface area contributed by atoms with Crippen LogP contribution >= 0.6 is 0 Å². The normalized spacial score (nSPS) is 15.5. The molecule has 0 radical (unpaired) electrons. The number of aromatic nitrogens is 3. The van der Waals surface area contributed by atoms with Crippen LogP contribution in [-0.4, -0.2) is 70.1 Å². The monoisotopic (exact) mass is 353 g/mol. The van der Waals surface area contributed by atoms with Gasteiger partial charge in [0, 0.05) is 68.6 Å². The van der Waals surface area contributed by atoms with Crippen molar-refractivity contribution in [2.24, 2.45) is 0 Å². The van der Waals surface area contributed by atoms with Gasteiger partial charge in [0.15, 0.2) is 0 Å². The summed E-state index contributed by atoms with van der Waals surface area (Å²) in [5.74, 6) is 0.847. The van der Waals surface area contributed by atoms with Crippen LogP contribution in [0.2, 0.25) is 0 Å². The number of imidazole rings is 1. The third-order valence-electron chi connectivity index (χ3n) is 4.95. The Morgan fingerprint density at radius 1 is 1.19 bits per heavy atom. The molecular formula is C19H23N5O2. The van der Waals surface area contributed by atoms with Gasteiger partial charge in [0.25, 0.3) is 5.91 Å². The van der Waals surface area contributed by atoms with Gasteiger partial charge in [-0.3, -0.25) is 9.69 Å². The van der Waals surface area contributed by atoms with E-state index >= 15 is 0 Å². The molecule has 1 amide bonds. The van der Waals surface area contributed by atoms with E-state index in [1.165, 1.54) is 0 Å². The van der Waals surface area contributed by atoms with Crippen LogP contribution < -0.4 is 4.74 Å². The van der Waals surface area contributed by atoms with E-state index < -0.39 is 0 Å². The number of hydrogen-bond donors (Lipinski definition) is 1. The van der Waals surface area contributed by atoms with Crippen LogP contribution in [0.15, 0.2) is 43.0 Å². The molecule has 1 N–H and O–H groups in total. The minimum Gasteiger partial charge on any atom is -0.497 e. The lowest BCUT2D eigenvalue weighted by molar-refractivity contribution is 0.0628. The zero-order chi connectivity index (χ0) is 17.9. The first-order chi connectivity index (χ1) is 12.7. The van der Waals surface area contributed by atoms with Gasteiger partial charge in [-0.1, -0.05) is 0 Å². The molecule has 1 aliphatic rings. The second-order valence-corrected chi connectivity index (χ2v) is 6.57. The SMILES string of the molecule is COc1ccc2cc(C(=O)N3CCN(CCn4ccnc4)CC3)[nH]c2c1. The van der Waals surface area contributed by atoms with Crippen molar-refractivity contribution in [3.63, 3.8) is 0 Å². The summed E-state index contributed by atoms with van der Waals surface area (Å²) in [5, 5.41) is 1.02. The summed E-state index contributed by atoms with van der Waals surface area (Å²) in [6, 6.07) is 7.71. The smallest absolute Gasteiger partial charge is 0.270 e. The fourth-order valence-corrected chi connectivity index (χ4v) is 3.37. The van der Waals surface area contributed by atoms with Crippen LogP contribution in [0.25, 0.3) is 10.9 Å². The van der Waals surface area contributed by atoms with Crippen molar-refractivity contribution in [1.82, 2.24) is 24.3 Å². The molecule has 2 aromatic heterocycles. The van der Waals surface area contributed by atoms with Gasteiger partial charge in [0.2, 0.25) is 0 Å². The van der Waals surface area contributed by atoms with Gasteiger partial charge in [0.05, 0.1) is 13.4 Å². The van der Waals surface area contributed by atoms with E-state index in [0.717, 1.165) is 55.9 Å². The Bertz CT molecular complexity index is 879. The van der Waals surface area contributed by atoms with E-state index in [1.54, 1.807) is 13.3 Å². The number of piperazine rings is 1. The van der Waals surface area contributed by atoms with Gasteiger partial charge >= 0.3 is 0 Å². The largest absolute Gasteiger partial charge is 0.497 e. The van der Waals surface area contributed by atoms with Crippen molar-refractivity contribution in [3.05, 3.63) is 48.7 Å². The Kier molecular flexibility index (Phi) is 4.62. The summed E-state index contributed by atoms with van der Waals surface area (Å²) < 4.78 is 7.32.